The van der Waals surface area contributed by atoms with Crippen LogP contribution in [0.2, 0.25) is 0 Å². The molecule has 0 aromatic heterocycles. The Hall–Kier alpha value is -0.0400. The molecule has 1 nitrogen and oxygen atoms in total. The van der Waals surface area contributed by atoms with E-state index in [1.165, 1.54) is 12.8 Å². The fourth-order valence-electron chi connectivity index (χ4n) is 4.25. The molecule has 0 aliphatic carbocycles. The molecule has 0 aliphatic rings. The van der Waals surface area contributed by atoms with Crippen molar-refractivity contribution in [2.24, 2.45) is 22.2 Å². The maximum atomic E-state index is 4.03. The second kappa shape index (κ2) is 6.46. The summed E-state index contributed by atoms with van der Waals surface area (Å²) in [6.45, 7) is 30.9. The van der Waals surface area contributed by atoms with E-state index in [2.05, 4.69) is 95.3 Å². The minimum absolute atomic E-state index is 0.0702. The highest BCUT2D eigenvalue weighted by Gasteiger charge is 2.52. The third kappa shape index (κ3) is 5.25. The molecule has 22 heavy (non-hydrogen) atoms. The van der Waals surface area contributed by atoms with E-state index in [1.807, 2.05) is 0 Å². The summed E-state index contributed by atoms with van der Waals surface area (Å²) in [5, 5.41) is 4.03. The Morgan fingerprint density at radius 3 is 1.36 bits per heavy atom. The van der Waals surface area contributed by atoms with Crippen LogP contribution in [0.1, 0.15) is 103 Å². The van der Waals surface area contributed by atoms with E-state index in [0.29, 0.717) is 11.3 Å². The van der Waals surface area contributed by atoms with Gasteiger partial charge in [-0.1, -0.05) is 62.3 Å². The predicted molar refractivity (Wildman–Crippen MR) is 102 cm³/mol. The van der Waals surface area contributed by atoms with Crippen LogP contribution >= 0.6 is 0 Å². The minimum Gasteiger partial charge on any atom is -0.306 e. The van der Waals surface area contributed by atoms with Crippen molar-refractivity contribution in [2.45, 2.75) is 114 Å². The quantitative estimate of drug-likeness (QED) is 0.577. The maximum absolute atomic E-state index is 4.03. The Balaban J connectivity index is 5.37. The van der Waals surface area contributed by atoms with Gasteiger partial charge in [0.2, 0.25) is 0 Å². The van der Waals surface area contributed by atoms with Gasteiger partial charge in [-0.2, -0.15) is 0 Å². The molecule has 0 bridgehead atoms. The van der Waals surface area contributed by atoms with Gasteiger partial charge < -0.3 is 5.32 Å². The topological polar surface area (TPSA) is 12.0 Å². The molecule has 1 N–H and O–H groups in total. The smallest absolute Gasteiger partial charge is 0.0191 e. The van der Waals surface area contributed by atoms with Gasteiger partial charge in [0, 0.05) is 11.1 Å². The van der Waals surface area contributed by atoms with E-state index in [1.54, 1.807) is 0 Å². The van der Waals surface area contributed by atoms with Crippen molar-refractivity contribution < 1.29 is 0 Å². The summed E-state index contributed by atoms with van der Waals surface area (Å²) in [7, 11) is 0. The summed E-state index contributed by atoms with van der Waals surface area (Å²) in [6, 6.07) is 0. The molecule has 1 heteroatoms. The molecule has 0 saturated heterocycles. The Kier molecular flexibility index (Phi) is 6.45. The predicted octanol–water partition coefficient (Wildman–Crippen LogP) is 6.67. The number of nitrogens with one attached hydrogen (secondary N) is 1. The van der Waals surface area contributed by atoms with Crippen molar-refractivity contribution in [2.75, 3.05) is 0 Å². The molecule has 0 radical (unpaired) electrons. The highest BCUT2D eigenvalue weighted by Crippen LogP contribution is 2.52. The number of hydrogen-bond donors (Lipinski definition) is 1. The van der Waals surface area contributed by atoms with Crippen LogP contribution in [0.4, 0.5) is 0 Å². The van der Waals surface area contributed by atoms with E-state index < -0.39 is 0 Å². The van der Waals surface area contributed by atoms with Crippen molar-refractivity contribution in [1.82, 2.24) is 5.32 Å². The lowest BCUT2D eigenvalue weighted by atomic mass is 9.53. The van der Waals surface area contributed by atoms with Crippen LogP contribution in [0.3, 0.4) is 0 Å². The second-order valence-electron chi connectivity index (χ2n) is 11.3. The van der Waals surface area contributed by atoms with Crippen molar-refractivity contribution in [3.05, 3.63) is 0 Å². The summed E-state index contributed by atoms with van der Waals surface area (Å²) in [5.41, 5.74) is 1.07. The lowest BCUT2D eigenvalue weighted by molar-refractivity contribution is -0.0482. The van der Waals surface area contributed by atoms with Gasteiger partial charge in [0.1, 0.15) is 0 Å². The fourth-order valence-corrected chi connectivity index (χ4v) is 4.25. The lowest BCUT2D eigenvalue weighted by Gasteiger charge is -2.58. The molecule has 134 valence electrons. The SMILES string of the molecule is CC(C)C(C)(C(C)(C)C)C(C)(C)NC(C)(C)CCC(C)(C)C. The average molecular weight is 312 g/mol. The van der Waals surface area contributed by atoms with Gasteiger partial charge in [-0.25, -0.2) is 0 Å². The molecule has 0 aromatic carbocycles. The van der Waals surface area contributed by atoms with Crippen LogP contribution in [0, 0.1) is 22.2 Å². The summed E-state index contributed by atoms with van der Waals surface area (Å²) in [4.78, 5) is 0. The molecule has 1 unspecified atom stereocenters. The zero-order chi connectivity index (χ0) is 18.2. The van der Waals surface area contributed by atoms with Gasteiger partial charge in [-0.15, -0.1) is 0 Å². The lowest BCUT2D eigenvalue weighted by Crippen LogP contribution is -2.65. The standard InChI is InChI=1S/C21H45N/c1-16(2)21(13,18(6,7)8)20(11,12)22-19(9,10)15-14-17(3,4)5/h16,22H,14-15H2,1-13H3. The van der Waals surface area contributed by atoms with E-state index >= 15 is 0 Å². The zero-order valence-corrected chi connectivity index (χ0v) is 18.0. The fraction of sp³-hybridized carbons (Fsp3) is 1.00. The maximum Gasteiger partial charge on any atom is 0.0191 e. The van der Waals surface area contributed by atoms with Crippen LogP contribution in [0.15, 0.2) is 0 Å². The first-order valence-corrected chi connectivity index (χ1v) is 9.15. The van der Waals surface area contributed by atoms with Gasteiger partial charge in [-0.05, 0) is 62.7 Å². The molecule has 0 spiro atoms. The van der Waals surface area contributed by atoms with E-state index in [4.69, 9.17) is 0 Å². The minimum atomic E-state index is 0.0702. The normalized spacial score (nSPS) is 17.7. The zero-order valence-electron chi connectivity index (χ0n) is 18.0. The second-order valence-corrected chi connectivity index (χ2v) is 11.3. The van der Waals surface area contributed by atoms with Crippen LogP contribution in [-0.4, -0.2) is 11.1 Å². The molecule has 0 saturated carbocycles. The van der Waals surface area contributed by atoms with Gasteiger partial charge in [0.05, 0.1) is 0 Å². The first-order valence-electron chi connectivity index (χ1n) is 9.15. The summed E-state index contributed by atoms with van der Waals surface area (Å²) in [5.74, 6) is 0.619. The molecule has 0 aliphatic heterocycles. The van der Waals surface area contributed by atoms with Crippen molar-refractivity contribution in [3.8, 4) is 0 Å². The molecular formula is C21H45N. The van der Waals surface area contributed by atoms with Gasteiger partial charge in [0.15, 0.2) is 0 Å². The summed E-state index contributed by atoms with van der Waals surface area (Å²) >= 11 is 0. The molecular weight excluding hydrogens is 266 g/mol. The van der Waals surface area contributed by atoms with Gasteiger partial charge >= 0.3 is 0 Å². The third-order valence-corrected chi connectivity index (χ3v) is 6.16. The Bertz CT molecular complexity index is 349. The van der Waals surface area contributed by atoms with Crippen molar-refractivity contribution >= 4 is 0 Å². The van der Waals surface area contributed by atoms with Crippen molar-refractivity contribution in [3.63, 3.8) is 0 Å². The van der Waals surface area contributed by atoms with Crippen LogP contribution in [0.25, 0.3) is 0 Å². The molecule has 0 amide bonds. The number of rotatable bonds is 6. The molecule has 0 fully saturated rings. The monoisotopic (exact) mass is 311 g/mol. The van der Waals surface area contributed by atoms with E-state index in [9.17, 15) is 0 Å². The Morgan fingerprint density at radius 2 is 1.09 bits per heavy atom. The van der Waals surface area contributed by atoms with Gasteiger partial charge in [-0.3, -0.25) is 0 Å². The molecule has 0 rings (SSSR count). The van der Waals surface area contributed by atoms with E-state index in [-0.39, 0.29) is 21.9 Å². The summed E-state index contributed by atoms with van der Waals surface area (Å²) in [6.07, 6.45) is 2.45. The molecule has 0 aromatic rings. The number of hydrogen-bond acceptors (Lipinski definition) is 1. The Morgan fingerprint density at radius 1 is 0.682 bits per heavy atom. The Labute approximate surface area is 142 Å². The molecule has 1 atom stereocenters. The van der Waals surface area contributed by atoms with E-state index in [0.717, 1.165) is 0 Å². The third-order valence-electron chi connectivity index (χ3n) is 6.16. The van der Waals surface area contributed by atoms with Crippen molar-refractivity contribution in [1.29, 1.82) is 0 Å². The van der Waals surface area contributed by atoms with Gasteiger partial charge in [0.25, 0.3) is 0 Å². The first-order chi connectivity index (χ1) is 9.36. The molecule has 0 heterocycles. The van der Waals surface area contributed by atoms with Crippen LogP contribution < -0.4 is 5.32 Å². The van der Waals surface area contributed by atoms with Crippen LogP contribution in [-0.2, 0) is 0 Å². The summed E-state index contributed by atoms with van der Waals surface area (Å²) < 4.78 is 0. The largest absolute Gasteiger partial charge is 0.306 e. The highest BCUT2D eigenvalue weighted by molar-refractivity contribution is 5.06. The average Bonchev–Trinajstić information content (AvgIpc) is 2.21. The first kappa shape index (κ1) is 22.0. The highest BCUT2D eigenvalue weighted by atomic mass is 15.1. The van der Waals surface area contributed by atoms with Crippen LogP contribution in [0.5, 0.6) is 0 Å².